The lowest BCUT2D eigenvalue weighted by molar-refractivity contribution is -0.134. The molecule has 12 heavy (non-hydrogen) atoms. The first kappa shape index (κ1) is 9.00. The van der Waals surface area contributed by atoms with Gasteiger partial charge in [0.2, 0.25) is 0 Å². The van der Waals surface area contributed by atoms with Crippen LogP contribution in [0.5, 0.6) is 0 Å². The fraction of sp³-hybridized carbons (Fsp3) is 0.444. The Hall–Kier alpha value is -1.09. The molecule has 0 saturated carbocycles. The zero-order valence-electron chi connectivity index (χ0n) is 7.19. The summed E-state index contributed by atoms with van der Waals surface area (Å²) in [5.74, 6) is -0.355. The van der Waals surface area contributed by atoms with Crippen LogP contribution in [0, 0.1) is 0 Å². The van der Waals surface area contributed by atoms with Gasteiger partial charge in [-0.25, -0.2) is 4.79 Å². The SMILES string of the molecule is COC(=O)/C=C/[C@@H]1C=C[C@H](C)O1. The molecule has 0 unspecified atom stereocenters. The molecule has 2 atom stereocenters. The van der Waals surface area contributed by atoms with E-state index in [2.05, 4.69) is 4.74 Å². The maximum atomic E-state index is 10.7. The van der Waals surface area contributed by atoms with Gasteiger partial charge in [0.1, 0.15) is 0 Å². The van der Waals surface area contributed by atoms with Crippen LogP contribution >= 0.6 is 0 Å². The lowest BCUT2D eigenvalue weighted by Gasteiger charge is -2.04. The van der Waals surface area contributed by atoms with Gasteiger partial charge in [-0.1, -0.05) is 12.2 Å². The highest BCUT2D eigenvalue weighted by Crippen LogP contribution is 2.11. The van der Waals surface area contributed by atoms with Crippen molar-refractivity contribution in [2.45, 2.75) is 19.1 Å². The van der Waals surface area contributed by atoms with E-state index in [0.717, 1.165) is 0 Å². The molecule has 0 aromatic carbocycles. The smallest absolute Gasteiger partial charge is 0.330 e. The molecule has 0 aromatic heterocycles. The van der Waals surface area contributed by atoms with E-state index in [0.29, 0.717) is 0 Å². The third kappa shape index (κ3) is 2.51. The number of carbonyl (C=O) groups is 1. The van der Waals surface area contributed by atoms with Crippen LogP contribution in [0.1, 0.15) is 6.92 Å². The number of hydrogen-bond acceptors (Lipinski definition) is 3. The fourth-order valence-corrected chi connectivity index (χ4v) is 0.956. The summed E-state index contributed by atoms with van der Waals surface area (Å²) in [6, 6.07) is 0. The van der Waals surface area contributed by atoms with Gasteiger partial charge >= 0.3 is 5.97 Å². The monoisotopic (exact) mass is 168 g/mol. The van der Waals surface area contributed by atoms with Crippen LogP contribution in [0.2, 0.25) is 0 Å². The summed E-state index contributed by atoms with van der Waals surface area (Å²) in [4.78, 5) is 10.7. The van der Waals surface area contributed by atoms with Gasteiger partial charge in [0.15, 0.2) is 0 Å². The Kier molecular flexibility index (Phi) is 3.05. The van der Waals surface area contributed by atoms with Crippen LogP contribution in [0.3, 0.4) is 0 Å². The highest BCUT2D eigenvalue weighted by atomic mass is 16.5. The number of carbonyl (C=O) groups excluding carboxylic acids is 1. The molecule has 0 aromatic rings. The van der Waals surface area contributed by atoms with Gasteiger partial charge in [-0.05, 0) is 13.0 Å². The maximum Gasteiger partial charge on any atom is 0.330 e. The maximum absolute atomic E-state index is 10.7. The van der Waals surface area contributed by atoms with Crippen molar-refractivity contribution >= 4 is 5.97 Å². The van der Waals surface area contributed by atoms with Crippen molar-refractivity contribution in [3.05, 3.63) is 24.3 Å². The van der Waals surface area contributed by atoms with Crippen molar-refractivity contribution in [1.29, 1.82) is 0 Å². The minimum Gasteiger partial charge on any atom is -0.466 e. The summed E-state index contributed by atoms with van der Waals surface area (Å²) in [6.07, 6.45) is 6.95. The van der Waals surface area contributed by atoms with E-state index >= 15 is 0 Å². The quantitative estimate of drug-likeness (QED) is 0.351. The number of esters is 1. The van der Waals surface area contributed by atoms with Crippen molar-refractivity contribution in [3.8, 4) is 0 Å². The van der Waals surface area contributed by atoms with Gasteiger partial charge in [-0.15, -0.1) is 0 Å². The normalized spacial score (nSPS) is 28.2. The standard InChI is InChI=1S/C9H12O3/c1-7-3-4-8(12-7)5-6-9(10)11-2/h3-8H,1-2H3/b6-5+/t7-,8-/m0/s1. The van der Waals surface area contributed by atoms with Crippen molar-refractivity contribution < 1.29 is 14.3 Å². The van der Waals surface area contributed by atoms with Gasteiger partial charge in [0.05, 0.1) is 19.3 Å². The lowest BCUT2D eigenvalue weighted by atomic mass is 10.3. The molecular formula is C9H12O3. The lowest BCUT2D eigenvalue weighted by Crippen LogP contribution is -2.07. The Morgan fingerprint density at radius 2 is 2.33 bits per heavy atom. The Bertz CT molecular complexity index is 218. The van der Waals surface area contributed by atoms with E-state index in [4.69, 9.17) is 4.74 Å². The summed E-state index contributed by atoms with van der Waals surface area (Å²) in [5.41, 5.74) is 0. The molecule has 0 radical (unpaired) electrons. The molecule has 0 aliphatic carbocycles. The van der Waals surface area contributed by atoms with Crippen LogP contribution < -0.4 is 0 Å². The molecular weight excluding hydrogens is 156 g/mol. The molecule has 1 rings (SSSR count). The molecule has 0 bridgehead atoms. The predicted molar refractivity (Wildman–Crippen MR) is 44.6 cm³/mol. The van der Waals surface area contributed by atoms with Crippen molar-refractivity contribution in [3.63, 3.8) is 0 Å². The molecule has 3 nitrogen and oxygen atoms in total. The van der Waals surface area contributed by atoms with Gasteiger partial charge in [-0.3, -0.25) is 0 Å². The number of methoxy groups -OCH3 is 1. The summed E-state index contributed by atoms with van der Waals surface area (Å²) in [5, 5.41) is 0. The van der Waals surface area contributed by atoms with Gasteiger partial charge in [0.25, 0.3) is 0 Å². The van der Waals surface area contributed by atoms with Crippen LogP contribution in [0.4, 0.5) is 0 Å². The predicted octanol–water partition coefficient (Wildman–Crippen LogP) is 1.06. The number of hydrogen-bond donors (Lipinski definition) is 0. The molecule has 0 amide bonds. The first-order valence-electron chi connectivity index (χ1n) is 3.82. The van der Waals surface area contributed by atoms with E-state index in [1.165, 1.54) is 13.2 Å². The van der Waals surface area contributed by atoms with Gasteiger partial charge in [0, 0.05) is 6.08 Å². The summed E-state index contributed by atoms with van der Waals surface area (Å²) < 4.78 is 9.78. The summed E-state index contributed by atoms with van der Waals surface area (Å²) in [7, 11) is 1.35. The second kappa shape index (κ2) is 4.07. The first-order valence-corrected chi connectivity index (χ1v) is 3.82. The Morgan fingerprint density at radius 3 is 2.83 bits per heavy atom. The Balaban J connectivity index is 2.37. The molecule has 1 heterocycles. The van der Waals surface area contributed by atoms with E-state index in [-0.39, 0.29) is 18.2 Å². The van der Waals surface area contributed by atoms with Gasteiger partial charge < -0.3 is 9.47 Å². The van der Waals surface area contributed by atoms with E-state index in [1.54, 1.807) is 6.08 Å². The van der Waals surface area contributed by atoms with E-state index in [9.17, 15) is 4.79 Å². The van der Waals surface area contributed by atoms with Gasteiger partial charge in [-0.2, -0.15) is 0 Å². The topological polar surface area (TPSA) is 35.5 Å². The third-order valence-electron chi connectivity index (χ3n) is 1.57. The van der Waals surface area contributed by atoms with Crippen molar-refractivity contribution in [2.24, 2.45) is 0 Å². The molecule has 0 spiro atoms. The van der Waals surface area contributed by atoms with Crippen LogP contribution in [0.15, 0.2) is 24.3 Å². The minimum atomic E-state index is -0.355. The van der Waals surface area contributed by atoms with Crippen molar-refractivity contribution in [2.75, 3.05) is 7.11 Å². The van der Waals surface area contributed by atoms with E-state index < -0.39 is 0 Å². The fourth-order valence-electron chi connectivity index (χ4n) is 0.956. The van der Waals surface area contributed by atoms with Crippen LogP contribution in [-0.2, 0) is 14.3 Å². The zero-order valence-corrected chi connectivity index (χ0v) is 7.19. The Morgan fingerprint density at radius 1 is 1.58 bits per heavy atom. The largest absolute Gasteiger partial charge is 0.466 e. The molecule has 0 N–H and O–H groups in total. The van der Waals surface area contributed by atoms with Crippen molar-refractivity contribution in [1.82, 2.24) is 0 Å². The highest BCUT2D eigenvalue weighted by molar-refractivity contribution is 5.81. The van der Waals surface area contributed by atoms with Crippen LogP contribution in [0.25, 0.3) is 0 Å². The molecule has 1 aliphatic heterocycles. The summed E-state index contributed by atoms with van der Waals surface area (Å²) in [6.45, 7) is 1.95. The Labute approximate surface area is 71.7 Å². The van der Waals surface area contributed by atoms with Crippen LogP contribution in [-0.4, -0.2) is 25.3 Å². The molecule has 1 aliphatic rings. The first-order chi connectivity index (χ1) is 5.72. The number of ether oxygens (including phenoxy) is 2. The zero-order chi connectivity index (χ0) is 8.97. The third-order valence-corrected chi connectivity index (χ3v) is 1.57. The molecule has 0 fully saturated rings. The molecule has 66 valence electrons. The second-order valence-electron chi connectivity index (χ2n) is 2.57. The summed E-state index contributed by atoms with van der Waals surface area (Å²) >= 11 is 0. The number of rotatable bonds is 2. The molecule has 0 saturated heterocycles. The minimum absolute atomic E-state index is 0.0842. The highest BCUT2D eigenvalue weighted by Gasteiger charge is 2.11. The average molecular weight is 168 g/mol. The average Bonchev–Trinajstić information content (AvgIpc) is 2.47. The molecule has 3 heteroatoms. The van der Waals surface area contributed by atoms with E-state index in [1.807, 2.05) is 19.1 Å². The second-order valence-corrected chi connectivity index (χ2v) is 2.57.